The van der Waals surface area contributed by atoms with Crippen LogP contribution < -0.4 is 5.32 Å². The van der Waals surface area contributed by atoms with Crippen LogP contribution in [0.3, 0.4) is 0 Å². The van der Waals surface area contributed by atoms with Gasteiger partial charge in [-0.25, -0.2) is 4.68 Å². The van der Waals surface area contributed by atoms with Crippen molar-refractivity contribution in [3.8, 4) is 6.07 Å². The van der Waals surface area contributed by atoms with Crippen molar-refractivity contribution in [1.82, 2.24) is 24.8 Å². The predicted octanol–water partition coefficient (Wildman–Crippen LogP) is 1.48. The Bertz CT molecular complexity index is 1040. The van der Waals surface area contributed by atoms with Crippen LogP contribution in [0.2, 0.25) is 0 Å². The first-order valence-electron chi connectivity index (χ1n) is 10.3. The summed E-state index contributed by atoms with van der Waals surface area (Å²) in [5.41, 5.74) is 0.461. The number of likely N-dealkylation sites (N-methyl/N-ethyl adjacent to an activating group) is 1. The molecule has 1 saturated heterocycles. The van der Waals surface area contributed by atoms with Crippen molar-refractivity contribution in [2.75, 3.05) is 25.5 Å². The number of anilines is 1. The molecule has 1 fully saturated rings. The standard InChI is InChI=1S/C22H27N7O3/c1-22(2,3)29-13-18(25-26-29)21(32)27(4)14-19(30)28-12-15(10-17(28)11-23)20(31)24-16-8-6-5-7-9-16/h5-9,13,15,17H,10,12,14H2,1-4H3,(H,24,31). The Hall–Kier alpha value is -3.74. The van der Waals surface area contributed by atoms with Gasteiger partial charge in [0.05, 0.1) is 30.3 Å². The Morgan fingerprint density at radius 3 is 2.53 bits per heavy atom. The van der Waals surface area contributed by atoms with Gasteiger partial charge in [0, 0.05) is 19.3 Å². The van der Waals surface area contributed by atoms with E-state index in [-0.39, 0.29) is 36.7 Å². The summed E-state index contributed by atoms with van der Waals surface area (Å²) in [4.78, 5) is 40.7. The minimum absolute atomic E-state index is 0.123. The van der Waals surface area contributed by atoms with E-state index in [1.807, 2.05) is 39.0 Å². The molecule has 2 unspecified atom stereocenters. The molecule has 10 heteroatoms. The summed E-state index contributed by atoms with van der Waals surface area (Å²) in [6, 6.07) is 10.4. The molecule has 1 aromatic carbocycles. The number of amides is 3. The van der Waals surface area contributed by atoms with Crippen molar-refractivity contribution in [2.45, 2.75) is 38.8 Å². The van der Waals surface area contributed by atoms with Crippen LogP contribution in [0.4, 0.5) is 5.69 Å². The van der Waals surface area contributed by atoms with Gasteiger partial charge in [-0.05, 0) is 39.3 Å². The van der Waals surface area contributed by atoms with Gasteiger partial charge in [0.15, 0.2) is 5.69 Å². The molecule has 2 aromatic rings. The van der Waals surface area contributed by atoms with Crippen LogP contribution in [-0.2, 0) is 15.1 Å². The van der Waals surface area contributed by atoms with E-state index in [0.717, 1.165) is 0 Å². The number of rotatable bonds is 5. The zero-order valence-corrected chi connectivity index (χ0v) is 18.6. The minimum Gasteiger partial charge on any atom is -0.331 e. The second kappa shape index (κ2) is 9.18. The Balaban J connectivity index is 1.62. The molecule has 0 spiro atoms. The molecule has 2 atom stereocenters. The van der Waals surface area contributed by atoms with E-state index in [1.165, 1.54) is 16.8 Å². The highest BCUT2D eigenvalue weighted by Crippen LogP contribution is 2.25. The number of para-hydroxylation sites is 1. The number of carbonyl (C=O) groups excluding carboxylic acids is 3. The molecule has 10 nitrogen and oxygen atoms in total. The third-order valence-corrected chi connectivity index (χ3v) is 5.30. The number of hydrogen-bond donors (Lipinski definition) is 1. The van der Waals surface area contributed by atoms with Gasteiger partial charge in [0.25, 0.3) is 5.91 Å². The molecule has 1 aliphatic heterocycles. The van der Waals surface area contributed by atoms with E-state index in [0.29, 0.717) is 5.69 Å². The Morgan fingerprint density at radius 2 is 1.94 bits per heavy atom. The van der Waals surface area contributed by atoms with Gasteiger partial charge in [0.2, 0.25) is 11.8 Å². The fourth-order valence-electron chi connectivity index (χ4n) is 3.44. The SMILES string of the molecule is CN(CC(=O)N1CC(C(=O)Nc2ccccc2)CC1C#N)C(=O)c1cn(C(C)(C)C)nn1. The minimum atomic E-state index is -0.723. The molecule has 32 heavy (non-hydrogen) atoms. The van der Waals surface area contributed by atoms with Gasteiger partial charge in [-0.1, -0.05) is 23.4 Å². The summed E-state index contributed by atoms with van der Waals surface area (Å²) >= 11 is 0. The van der Waals surface area contributed by atoms with Crippen molar-refractivity contribution in [3.63, 3.8) is 0 Å². The summed E-state index contributed by atoms with van der Waals surface area (Å²) in [7, 11) is 1.49. The second-order valence-corrected chi connectivity index (χ2v) is 8.86. The first-order valence-corrected chi connectivity index (χ1v) is 10.3. The first-order chi connectivity index (χ1) is 15.1. The van der Waals surface area contributed by atoms with Gasteiger partial charge >= 0.3 is 0 Å². The molecule has 3 rings (SSSR count). The highest BCUT2D eigenvalue weighted by atomic mass is 16.2. The summed E-state index contributed by atoms with van der Waals surface area (Å²) in [5.74, 6) is -1.59. The highest BCUT2D eigenvalue weighted by molar-refractivity contribution is 5.96. The van der Waals surface area contributed by atoms with Gasteiger partial charge in [-0.15, -0.1) is 5.10 Å². The first kappa shape index (κ1) is 22.9. The van der Waals surface area contributed by atoms with Crippen molar-refractivity contribution >= 4 is 23.4 Å². The largest absolute Gasteiger partial charge is 0.331 e. The molecule has 2 heterocycles. The van der Waals surface area contributed by atoms with Gasteiger partial charge in [-0.2, -0.15) is 5.26 Å². The van der Waals surface area contributed by atoms with E-state index in [1.54, 1.807) is 23.0 Å². The molecule has 0 radical (unpaired) electrons. The number of likely N-dealkylation sites (tertiary alicyclic amines) is 1. The number of nitriles is 1. The normalized spacial score (nSPS) is 18.2. The van der Waals surface area contributed by atoms with Crippen LogP contribution in [0.5, 0.6) is 0 Å². The maximum absolute atomic E-state index is 12.9. The van der Waals surface area contributed by atoms with Crippen LogP contribution in [0.25, 0.3) is 0 Å². The number of carbonyl (C=O) groups is 3. The third kappa shape index (κ3) is 5.11. The van der Waals surface area contributed by atoms with Crippen LogP contribution in [0.1, 0.15) is 37.7 Å². The van der Waals surface area contributed by atoms with E-state index in [9.17, 15) is 19.6 Å². The summed E-state index contributed by atoms with van der Waals surface area (Å²) in [6.45, 7) is 5.69. The molecular formula is C22H27N7O3. The Kier molecular flexibility index (Phi) is 6.58. The van der Waals surface area contributed by atoms with Crippen LogP contribution >= 0.6 is 0 Å². The van der Waals surface area contributed by atoms with Crippen LogP contribution in [0.15, 0.2) is 36.5 Å². The monoisotopic (exact) mass is 437 g/mol. The fraction of sp³-hybridized carbons (Fsp3) is 0.455. The predicted molar refractivity (Wildman–Crippen MR) is 116 cm³/mol. The molecule has 1 aromatic heterocycles. The summed E-state index contributed by atoms with van der Waals surface area (Å²) in [6.07, 6.45) is 1.79. The third-order valence-electron chi connectivity index (χ3n) is 5.30. The zero-order chi connectivity index (χ0) is 23.5. The van der Waals surface area contributed by atoms with Crippen molar-refractivity contribution < 1.29 is 14.4 Å². The van der Waals surface area contributed by atoms with Crippen molar-refractivity contribution in [1.29, 1.82) is 5.26 Å². The summed E-state index contributed by atoms with van der Waals surface area (Å²) in [5, 5.41) is 20.2. The molecular weight excluding hydrogens is 410 g/mol. The topological polar surface area (TPSA) is 124 Å². The van der Waals surface area contributed by atoms with Crippen LogP contribution in [-0.4, -0.2) is 68.7 Å². The fourth-order valence-corrected chi connectivity index (χ4v) is 3.44. The lowest BCUT2D eigenvalue weighted by Gasteiger charge is -2.23. The second-order valence-electron chi connectivity index (χ2n) is 8.86. The zero-order valence-electron chi connectivity index (χ0n) is 18.6. The molecule has 1 N–H and O–H groups in total. The van der Waals surface area contributed by atoms with Gasteiger partial charge < -0.3 is 15.1 Å². The van der Waals surface area contributed by atoms with Gasteiger partial charge in [-0.3, -0.25) is 14.4 Å². The Labute approximate surface area is 186 Å². The Morgan fingerprint density at radius 1 is 1.25 bits per heavy atom. The molecule has 3 amide bonds. The average Bonchev–Trinajstić information content (AvgIpc) is 3.41. The van der Waals surface area contributed by atoms with Crippen molar-refractivity contribution in [2.24, 2.45) is 5.92 Å². The maximum atomic E-state index is 12.9. The molecule has 0 aliphatic carbocycles. The lowest BCUT2D eigenvalue weighted by molar-refractivity contribution is -0.131. The van der Waals surface area contributed by atoms with E-state index >= 15 is 0 Å². The molecule has 0 saturated carbocycles. The maximum Gasteiger partial charge on any atom is 0.276 e. The molecule has 168 valence electrons. The molecule has 0 bridgehead atoms. The van der Waals surface area contributed by atoms with E-state index in [4.69, 9.17) is 0 Å². The quantitative estimate of drug-likeness (QED) is 0.756. The summed E-state index contributed by atoms with van der Waals surface area (Å²) < 4.78 is 1.58. The number of hydrogen-bond acceptors (Lipinski definition) is 6. The lowest BCUT2D eigenvalue weighted by Crippen LogP contribution is -2.43. The average molecular weight is 438 g/mol. The van der Waals surface area contributed by atoms with E-state index < -0.39 is 23.8 Å². The van der Waals surface area contributed by atoms with E-state index in [2.05, 4.69) is 21.7 Å². The number of nitrogens with zero attached hydrogens (tertiary/aromatic N) is 6. The molecule has 1 aliphatic rings. The van der Waals surface area contributed by atoms with Crippen molar-refractivity contribution in [3.05, 3.63) is 42.2 Å². The number of benzene rings is 1. The highest BCUT2D eigenvalue weighted by Gasteiger charge is 2.39. The van der Waals surface area contributed by atoms with Crippen LogP contribution in [0, 0.1) is 17.2 Å². The number of aromatic nitrogens is 3. The number of nitrogens with one attached hydrogen (secondary N) is 1. The smallest absolute Gasteiger partial charge is 0.276 e. The van der Waals surface area contributed by atoms with Gasteiger partial charge in [0.1, 0.15) is 6.04 Å². The lowest BCUT2D eigenvalue weighted by atomic mass is 10.1.